The summed E-state index contributed by atoms with van der Waals surface area (Å²) in [6.45, 7) is 0.940. The first-order valence-corrected chi connectivity index (χ1v) is 5.36. The van der Waals surface area contributed by atoms with Gasteiger partial charge >= 0.3 is 6.18 Å². The van der Waals surface area contributed by atoms with Crippen molar-refractivity contribution in [2.75, 3.05) is 17.6 Å². The van der Waals surface area contributed by atoms with Gasteiger partial charge in [-0.2, -0.15) is 13.2 Å². The van der Waals surface area contributed by atoms with Crippen LogP contribution in [0.4, 0.5) is 24.8 Å². The van der Waals surface area contributed by atoms with E-state index in [0.29, 0.717) is 13.1 Å². The number of anilines is 2. The lowest BCUT2D eigenvalue weighted by Crippen LogP contribution is -2.16. The van der Waals surface area contributed by atoms with Crippen LogP contribution >= 0.6 is 0 Å². The third-order valence-corrected chi connectivity index (χ3v) is 2.23. The van der Waals surface area contributed by atoms with Gasteiger partial charge in [0.05, 0.1) is 6.33 Å². The maximum atomic E-state index is 12.5. The number of nitrogens with two attached hydrogens (primary N) is 1. The Morgan fingerprint density at radius 3 is 2.74 bits per heavy atom. The Hall–Kier alpha value is -2.32. The number of hydrogen-bond acceptors (Lipinski definition) is 5. The minimum Gasteiger partial charge on any atom is -0.384 e. The molecule has 0 fully saturated rings. The molecule has 2 heterocycles. The maximum Gasteiger partial charge on any atom is 0.451 e. The average Bonchev–Trinajstić information content (AvgIpc) is 2.80. The smallest absolute Gasteiger partial charge is 0.384 e. The van der Waals surface area contributed by atoms with E-state index in [1.54, 1.807) is 23.3 Å². The highest BCUT2D eigenvalue weighted by Gasteiger charge is 2.35. The summed E-state index contributed by atoms with van der Waals surface area (Å²) >= 11 is 0. The Labute approximate surface area is 106 Å². The summed E-state index contributed by atoms with van der Waals surface area (Å²) < 4.78 is 39.2. The van der Waals surface area contributed by atoms with Crippen LogP contribution in [0.1, 0.15) is 5.82 Å². The van der Waals surface area contributed by atoms with Gasteiger partial charge in [-0.3, -0.25) is 0 Å². The van der Waals surface area contributed by atoms with Crippen LogP contribution < -0.4 is 11.1 Å². The monoisotopic (exact) mass is 272 g/mol. The van der Waals surface area contributed by atoms with Gasteiger partial charge in [-0.05, 0) is 0 Å². The van der Waals surface area contributed by atoms with E-state index in [0.717, 1.165) is 0 Å². The number of rotatable bonds is 4. The largest absolute Gasteiger partial charge is 0.451 e. The van der Waals surface area contributed by atoms with E-state index in [-0.39, 0.29) is 11.6 Å². The van der Waals surface area contributed by atoms with Gasteiger partial charge in [0, 0.05) is 31.5 Å². The summed E-state index contributed by atoms with van der Waals surface area (Å²) in [6, 6.07) is 1.25. The summed E-state index contributed by atoms with van der Waals surface area (Å²) in [6.07, 6.45) is 0.356. The van der Waals surface area contributed by atoms with E-state index >= 15 is 0 Å². The lowest BCUT2D eigenvalue weighted by atomic mass is 10.4. The second-order valence-electron chi connectivity index (χ2n) is 3.73. The second kappa shape index (κ2) is 5.12. The number of halogens is 3. The normalized spacial score (nSPS) is 11.5. The van der Waals surface area contributed by atoms with Crippen LogP contribution in [-0.2, 0) is 12.7 Å². The molecule has 0 bridgehead atoms. The third kappa shape index (κ3) is 3.57. The number of alkyl halides is 3. The minimum absolute atomic E-state index is 0.0416. The van der Waals surface area contributed by atoms with Gasteiger partial charge in [0.2, 0.25) is 5.82 Å². The second-order valence-corrected chi connectivity index (χ2v) is 3.73. The van der Waals surface area contributed by atoms with E-state index < -0.39 is 12.0 Å². The van der Waals surface area contributed by atoms with Gasteiger partial charge in [0.25, 0.3) is 0 Å². The first-order valence-electron chi connectivity index (χ1n) is 5.36. The van der Waals surface area contributed by atoms with E-state index in [2.05, 4.69) is 20.3 Å². The first-order chi connectivity index (χ1) is 8.95. The van der Waals surface area contributed by atoms with Gasteiger partial charge in [-0.1, -0.05) is 0 Å². The van der Waals surface area contributed by atoms with Crippen molar-refractivity contribution in [3.05, 3.63) is 30.6 Å². The Bertz CT molecular complexity index is 537. The molecule has 2 rings (SSSR count). The zero-order chi connectivity index (χ0) is 13.9. The van der Waals surface area contributed by atoms with Crippen molar-refractivity contribution >= 4 is 11.6 Å². The fraction of sp³-hybridized carbons (Fsp3) is 0.300. The van der Waals surface area contributed by atoms with E-state index in [1.807, 2.05) is 0 Å². The van der Waals surface area contributed by atoms with Crippen molar-refractivity contribution < 1.29 is 13.2 Å². The van der Waals surface area contributed by atoms with Gasteiger partial charge in [0.15, 0.2) is 0 Å². The standard InChI is InChI=1S/C10H11F3N6/c11-10(12,13)9-17-7(14)5-8(18-9)16-2-4-19-3-1-15-6-19/h1,3,5-6H,2,4H2,(H3,14,16,17,18). The lowest BCUT2D eigenvalue weighted by molar-refractivity contribution is -0.144. The molecule has 102 valence electrons. The number of nitrogens with one attached hydrogen (secondary N) is 1. The molecule has 0 aliphatic rings. The summed E-state index contributed by atoms with van der Waals surface area (Å²) in [5.74, 6) is -1.44. The molecule has 0 aliphatic heterocycles. The van der Waals surface area contributed by atoms with Gasteiger partial charge in [-0.15, -0.1) is 0 Å². The van der Waals surface area contributed by atoms with Crippen molar-refractivity contribution in [1.29, 1.82) is 0 Å². The van der Waals surface area contributed by atoms with E-state index in [1.165, 1.54) is 6.07 Å². The molecule has 6 nitrogen and oxygen atoms in total. The molecule has 9 heteroatoms. The maximum absolute atomic E-state index is 12.5. The van der Waals surface area contributed by atoms with Crippen LogP contribution in [0.2, 0.25) is 0 Å². The molecule has 0 aromatic carbocycles. The molecular formula is C10H11F3N6. The zero-order valence-corrected chi connectivity index (χ0v) is 9.72. The molecule has 3 N–H and O–H groups in total. The zero-order valence-electron chi connectivity index (χ0n) is 9.72. The predicted octanol–water partition coefficient (Wildman–Crippen LogP) is 1.39. The molecule has 0 unspecified atom stereocenters. The van der Waals surface area contributed by atoms with Crippen LogP contribution in [-0.4, -0.2) is 26.1 Å². The number of nitrogen functional groups attached to an aromatic ring is 1. The molecule has 0 amide bonds. The molecule has 2 aromatic rings. The third-order valence-electron chi connectivity index (χ3n) is 2.23. The molecule has 0 spiro atoms. The SMILES string of the molecule is Nc1cc(NCCn2ccnc2)nc(C(F)(F)F)n1. The summed E-state index contributed by atoms with van der Waals surface area (Å²) in [7, 11) is 0. The molecule has 2 aromatic heterocycles. The van der Waals surface area contributed by atoms with Crippen LogP contribution in [0.5, 0.6) is 0 Å². The average molecular weight is 272 g/mol. The van der Waals surface area contributed by atoms with Crippen molar-refractivity contribution in [3.8, 4) is 0 Å². The Balaban J connectivity index is 2.02. The molecule has 0 radical (unpaired) electrons. The summed E-state index contributed by atoms with van der Waals surface area (Å²) in [5, 5.41) is 2.76. The van der Waals surface area contributed by atoms with Crippen molar-refractivity contribution in [2.24, 2.45) is 0 Å². The highest BCUT2D eigenvalue weighted by molar-refractivity contribution is 5.44. The number of nitrogens with zero attached hydrogens (tertiary/aromatic N) is 4. The molecule has 0 atom stereocenters. The lowest BCUT2D eigenvalue weighted by Gasteiger charge is -2.10. The van der Waals surface area contributed by atoms with Crippen molar-refractivity contribution in [1.82, 2.24) is 19.5 Å². The van der Waals surface area contributed by atoms with Crippen LogP contribution in [0, 0.1) is 0 Å². The predicted molar refractivity (Wildman–Crippen MR) is 62.2 cm³/mol. The number of hydrogen-bond donors (Lipinski definition) is 2. The van der Waals surface area contributed by atoms with Crippen LogP contribution in [0.3, 0.4) is 0 Å². The molecule has 0 aliphatic carbocycles. The summed E-state index contributed by atoms with van der Waals surface area (Å²) in [4.78, 5) is 10.4. The van der Waals surface area contributed by atoms with Gasteiger partial charge in [-0.25, -0.2) is 15.0 Å². The number of imidazole rings is 1. The topological polar surface area (TPSA) is 81.6 Å². The van der Waals surface area contributed by atoms with E-state index in [9.17, 15) is 13.2 Å². The minimum atomic E-state index is -4.61. The molecule has 0 saturated heterocycles. The first kappa shape index (κ1) is 13.1. The Morgan fingerprint density at radius 2 is 2.11 bits per heavy atom. The fourth-order valence-electron chi connectivity index (χ4n) is 1.42. The quantitative estimate of drug-likeness (QED) is 0.878. The molecule has 19 heavy (non-hydrogen) atoms. The molecular weight excluding hydrogens is 261 g/mol. The van der Waals surface area contributed by atoms with Crippen LogP contribution in [0.15, 0.2) is 24.8 Å². The van der Waals surface area contributed by atoms with Crippen molar-refractivity contribution in [3.63, 3.8) is 0 Å². The van der Waals surface area contributed by atoms with E-state index in [4.69, 9.17) is 5.73 Å². The van der Waals surface area contributed by atoms with Crippen LogP contribution in [0.25, 0.3) is 0 Å². The summed E-state index contributed by atoms with van der Waals surface area (Å²) in [5.41, 5.74) is 5.32. The Kier molecular flexibility index (Phi) is 3.54. The Morgan fingerprint density at radius 1 is 1.32 bits per heavy atom. The molecule has 0 saturated carbocycles. The van der Waals surface area contributed by atoms with Crippen molar-refractivity contribution in [2.45, 2.75) is 12.7 Å². The van der Waals surface area contributed by atoms with Gasteiger partial charge < -0.3 is 15.6 Å². The highest BCUT2D eigenvalue weighted by atomic mass is 19.4. The fourth-order valence-corrected chi connectivity index (χ4v) is 1.42. The number of aromatic nitrogens is 4. The highest BCUT2D eigenvalue weighted by Crippen LogP contribution is 2.27. The van der Waals surface area contributed by atoms with Gasteiger partial charge in [0.1, 0.15) is 11.6 Å².